The van der Waals surface area contributed by atoms with Crippen molar-refractivity contribution in [3.8, 4) is 0 Å². The lowest BCUT2D eigenvalue weighted by molar-refractivity contribution is 0.394. The summed E-state index contributed by atoms with van der Waals surface area (Å²) in [6.07, 6.45) is 6.35. The van der Waals surface area contributed by atoms with Gasteiger partial charge in [0.2, 0.25) is 0 Å². The molecule has 0 amide bonds. The van der Waals surface area contributed by atoms with E-state index in [1.165, 1.54) is 31.5 Å². The second-order valence-electron chi connectivity index (χ2n) is 3.98. The summed E-state index contributed by atoms with van der Waals surface area (Å²) in [5.74, 6) is 0.842. The Morgan fingerprint density at radius 2 is 2.54 bits per heavy atom. The van der Waals surface area contributed by atoms with Crippen LogP contribution in [0.25, 0.3) is 0 Å². The molecule has 0 saturated carbocycles. The Morgan fingerprint density at radius 3 is 3.15 bits per heavy atom. The number of hydrogen-bond donors (Lipinski definition) is 0. The van der Waals surface area contributed by atoms with Crippen LogP contribution in [-0.2, 0) is 6.42 Å². The van der Waals surface area contributed by atoms with E-state index < -0.39 is 0 Å². The largest absolute Gasteiger partial charge is 0.306 e. The fraction of sp³-hybridized carbons (Fsp3) is 0.545. The van der Waals surface area contributed by atoms with Crippen LogP contribution in [0.4, 0.5) is 0 Å². The lowest BCUT2D eigenvalue weighted by Crippen LogP contribution is -2.14. The third-order valence-electron chi connectivity index (χ3n) is 2.74. The van der Waals surface area contributed by atoms with Crippen molar-refractivity contribution in [3.05, 3.63) is 30.1 Å². The zero-order valence-corrected chi connectivity index (χ0v) is 8.11. The zero-order valence-electron chi connectivity index (χ0n) is 8.11. The topological polar surface area (TPSA) is 16.1 Å². The Morgan fingerprint density at radius 1 is 1.62 bits per heavy atom. The van der Waals surface area contributed by atoms with Crippen LogP contribution in [0.3, 0.4) is 0 Å². The number of rotatable bonds is 2. The van der Waals surface area contributed by atoms with E-state index in [1.54, 1.807) is 0 Å². The summed E-state index contributed by atoms with van der Waals surface area (Å²) >= 11 is 0. The van der Waals surface area contributed by atoms with E-state index in [9.17, 15) is 0 Å². The molecule has 1 atom stereocenters. The molecule has 1 saturated heterocycles. The van der Waals surface area contributed by atoms with Crippen molar-refractivity contribution in [2.75, 3.05) is 20.1 Å². The number of nitrogens with zero attached hydrogens (tertiary/aromatic N) is 2. The molecule has 1 fully saturated rings. The van der Waals surface area contributed by atoms with Crippen molar-refractivity contribution < 1.29 is 0 Å². The maximum absolute atomic E-state index is 4.13. The molecule has 1 aliphatic rings. The van der Waals surface area contributed by atoms with Gasteiger partial charge in [0.15, 0.2) is 0 Å². The van der Waals surface area contributed by atoms with E-state index >= 15 is 0 Å². The Bertz CT molecular complexity index is 258. The molecule has 1 aliphatic heterocycles. The molecule has 2 heterocycles. The quantitative estimate of drug-likeness (QED) is 0.680. The highest BCUT2D eigenvalue weighted by Gasteiger charge is 2.19. The van der Waals surface area contributed by atoms with Crippen molar-refractivity contribution in [2.24, 2.45) is 5.92 Å². The molecule has 2 nitrogen and oxygen atoms in total. The van der Waals surface area contributed by atoms with Crippen LogP contribution in [-0.4, -0.2) is 30.0 Å². The molecule has 0 radical (unpaired) electrons. The highest BCUT2D eigenvalue weighted by atomic mass is 15.1. The first-order valence-corrected chi connectivity index (χ1v) is 4.92. The Hall–Kier alpha value is -0.890. The van der Waals surface area contributed by atoms with Crippen molar-refractivity contribution in [1.29, 1.82) is 0 Å². The van der Waals surface area contributed by atoms with Crippen molar-refractivity contribution in [3.63, 3.8) is 0 Å². The van der Waals surface area contributed by atoms with Gasteiger partial charge in [0.1, 0.15) is 0 Å². The smallest absolute Gasteiger partial charge is 0.0299 e. The summed E-state index contributed by atoms with van der Waals surface area (Å²) in [4.78, 5) is 6.54. The van der Waals surface area contributed by atoms with Gasteiger partial charge >= 0.3 is 0 Å². The van der Waals surface area contributed by atoms with Gasteiger partial charge in [-0.2, -0.15) is 0 Å². The fourth-order valence-corrected chi connectivity index (χ4v) is 2.05. The summed E-state index contributed by atoms with van der Waals surface area (Å²) in [5, 5.41) is 0. The molecule has 0 spiro atoms. The first kappa shape index (κ1) is 8.70. The molecule has 70 valence electrons. The third kappa shape index (κ3) is 2.28. The monoisotopic (exact) mass is 176 g/mol. The minimum absolute atomic E-state index is 0.842. The summed E-state index contributed by atoms with van der Waals surface area (Å²) in [6, 6.07) is 4.19. The molecule has 2 heteroatoms. The second-order valence-corrected chi connectivity index (χ2v) is 3.98. The average Bonchev–Trinajstić information content (AvgIpc) is 2.53. The number of hydrogen-bond acceptors (Lipinski definition) is 2. The van der Waals surface area contributed by atoms with Gasteiger partial charge in [-0.15, -0.1) is 0 Å². The average molecular weight is 176 g/mol. The van der Waals surface area contributed by atoms with Gasteiger partial charge in [-0.05, 0) is 44.0 Å². The SMILES string of the molecule is CN1CCC(Cc2cccnc2)C1. The van der Waals surface area contributed by atoms with Crippen LogP contribution >= 0.6 is 0 Å². The van der Waals surface area contributed by atoms with Gasteiger partial charge < -0.3 is 4.90 Å². The number of likely N-dealkylation sites (tertiary alicyclic amines) is 1. The van der Waals surface area contributed by atoms with Crippen LogP contribution in [0.2, 0.25) is 0 Å². The standard InChI is InChI=1S/C11H16N2/c1-13-6-4-11(9-13)7-10-3-2-5-12-8-10/h2-3,5,8,11H,4,6-7,9H2,1H3. The van der Waals surface area contributed by atoms with Crippen LogP contribution in [0.5, 0.6) is 0 Å². The molecule has 0 bridgehead atoms. The van der Waals surface area contributed by atoms with E-state index in [0.717, 1.165) is 5.92 Å². The molecule has 1 unspecified atom stereocenters. The molecular weight excluding hydrogens is 160 g/mol. The Labute approximate surface area is 79.6 Å². The summed E-state index contributed by atoms with van der Waals surface area (Å²) in [5.41, 5.74) is 1.38. The minimum Gasteiger partial charge on any atom is -0.306 e. The summed E-state index contributed by atoms with van der Waals surface area (Å²) < 4.78 is 0. The predicted molar refractivity (Wildman–Crippen MR) is 53.5 cm³/mol. The lowest BCUT2D eigenvalue weighted by atomic mass is 10.0. The van der Waals surface area contributed by atoms with Crippen LogP contribution in [0.1, 0.15) is 12.0 Å². The summed E-state index contributed by atoms with van der Waals surface area (Å²) in [7, 11) is 2.20. The van der Waals surface area contributed by atoms with Crippen molar-refractivity contribution in [2.45, 2.75) is 12.8 Å². The lowest BCUT2D eigenvalue weighted by Gasteiger charge is -2.09. The predicted octanol–water partition coefficient (Wildman–Crippen LogP) is 1.58. The molecule has 2 rings (SSSR count). The molecule has 0 aliphatic carbocycles. The number of pyridine rings is 1. The third-order valence-corrected chi connectivity index (χ3v) is 2.74. The maximum Gasteiger partial charge on any atom is 0.0299 e. The molecular formula is C11H16N2. The minimum atomic E-state index is 0.842. The van der Waals surface area contributed by atoms with Gasteiger partial charge in [-0.25, -0.2) is 0 Å². The van der Waals surface area contributed by atoms with Crippen LogP contribution < -0.4 is 0 Å². The van der Waals surface area contributed by atoms with Gasteiger partial charge in [0.05, 0.1) is 0 Å². The van der Waals surface area contributed by atoms with E-state index in [0.29, 0.717) is 0 Å². The van der Waals surface area contributed by atoms with Gasteiger partial charge in [0.25, 0.3) is 0 Å². The second kappa shape index (κ2) is 3.88. The van der Waals surface area contributed by atoms with E-state index in [1.807, 2.05) is 18.5 Å². The highest BCUT2D eigenvalue weighted by Crippen LogP contribution is 2.18. The maximum atomic E-state index is 4.13. The summed E-state index contributed by atoms with van der Waals surface area (Å²) in [6.45, 7) is 2.50. The van der Waals surface area contributed by atoms with Crippen molar-refractivity contribution in [1.82, 2.24) is 9.88 Å². The fourth-order valence-electron chi connectivity index (χ4n) is 2.05. The number of aromatic nitrogens is 1. The Kier molecular flexibility index (Phi) is 2.60. The van der Waals surface area contributed by atoms with E-state index in [4.69, 9.17) is 0 Å². The first-order valence-electron chi connectivity index (χ1n) is 4.92. The van der Waals surface area contributed by atoms with Gasteiger partial charge in [-0.3, -0.25) is 4.98 Å². The highest BCUT2D eigenvalue weighted by molar-refractivity contribution is 5.09. The molecule has 0 N–H and O–H groups in total. The molecule has 1 aromatic rings. The molecule has 13 heavy (non-hydrogen) atoms. The normalized spacial score (nSPS) is 23.6. The van der Waals surface area contributed by atoms with Crippen LogP contribution in [0.15, 0.2) is 24.5 Å². The first-order chi connectivity index (χ1) is 6.34. The molecule has 1 aromatic heterocycles. The zero-order chi connectivity index (χ0) is 9.10. The van der Waals surface area contributed by atoms with Gasteiger partial charge in [-0.1, -0.05) is 6.07 Å². The van der Waals surface area contributed by atoms with Gasteiger partial charge in [0, 0.05) is 18.9 Å². The van der Waals surface area contributed by atoms with E-state index in [-0.39, 0.29) is 0 Å². The van der Waals surface area contributed by atoms with Crippen LogP contribution in [0, 0.1) is 5.92 Å². The Balaban J connectivity index is 1.92. The molecule has 0 aromatic carbocycles. The van der Waals surface area contributed by atoms with Crippen molar-refractivity contribution >= 4 is 0 Å². The van der Waals surface area contributed by atoms with E-state index in [2.05, 4.69) is 23.0 Å².